The van der Waals surface area contributed by atoms with Crippen LogP contribution in [0.3, 0.4) is 0 Å². The van der Waals surface area contributed by atoms with Crippen LogP contribution < -0.4 is 15.2 Å². The first-order chi connectivity index (χ1) is 9.74. The van der Waals surface area contributed by atoms with E-state index in [-0.39, 0.29) is 6.04 Å². The third-order valence-corrected chi connectivity index (χ3v) is 5.42. The first-order valence-corrected chi connectivity index (χ1v) is 7.87. The highest BCUT2D eigenvalue weighted by molar-refractivity contribution is 7.27. The van der Waals surface area contributed by atoms with Crippen molar-refractivity contribution in [2.24, 2.45) is 5.73 Å². The van der Waals surface area contributed by atoms with Crippen LogP contribution in [0.5, 0.6) is 11.5 Å². The van der Waals surface area contributed by atoms with Crippen LogP contribution in [0, 0.1) is 0 Å². The first-order valence-electron chi connectivity index (χ1n) is 6.18. The Morgan fingerprint density at radius 1 is 1.05 bits per heavy atom. The van der Waals surface area contributed by atoms with Crippen LogP contribution in [0.1, 0.15) is 16.5 Å². The molecule has 0 aliphatic carbocycles. The van der Waals surface area contributed by atoms with Gasteiger partial charge in [-0.05, 0) is 29.6 Å². The lowest BCUT2D eigenvalue weighted by Gasteiger charge is -2.17. The minimum absolute atomic E-state index is 0.245. The number of hydrogen-bond donors (Lipinski definition) is 1. The van der Waals surface area contributed by atoms with Crippen LogP contribution in [0.2, 0.25) is 0 Å². The van der Waals surface area contributed by atoms with Crippen LogP contribution in [0.15, 0.2) is 35.7 Å². The molecule has 5 heteroatoms. The summed E-state index contributed by atoms with van der Waals surface area (Å²) in [5.41, 5.74) is 7.34. The Bertz CT molecular complexity index is 682. The summed E-state index contributed by atoms with van der Waals surface area (Å²) in [4.78, 5) is 1.12. The molecule has 0 amide bonds. The fourth-order valence-electron chi connectivity index (χ4n) is 2.27. The van der Waals surface area contributed by atoms with Crippen molar-refractivity contribution in [1.82, 2.24) is 0 Å². The first kappa shape index (κ1) is 13.4. The number of fused-ring (bicyclic) bond motifs is 1. The smallest absolute Gasteiger partial charge is 0.127 e. The van der Waals surface area contributed by atoms with Crippen LogP contribution >= 0.6 is 22.7 Å². The average Bonchev–Trinajstić information content (AvgIpc) is 3.06. The Morgan fingerprint density at radius 2 is 1.75 bits per heavy atom. The van der Waals surface area contributed by atoms with E-state index in [4.69, 9.17) is 15.2 Å². The molecule has 0 aliphatic rings. The Hall–Kier alpha value is -1.56. The number of ether oxygens (including phenoxy) is 2. The highest BCUT2D eigenvalue weighted by Gasteiger charge is 2.21. The fourth-order valence-corrected chi connectivity index (χ4v) is 4.40. The topological polar surface area (TPSA) is 44.5 Å². The van der Waals surface area contributed by atoms with E-state index in [2.05, 4.69) is 17.5 Å². The number of thiophene rings is 2. The number of nitrogens with two attached hydrogens (primary N) is 1. The molecule has 0 saturated heterocycles. The molecule has 3 rings (SSSR count). The molecule has 104 valence electrons. The van der Waals surface area contributed by atoms with Gasteiger partial charge in [0.05, 0.1) is 25.8 Å². The summed E-state index contributed by atoms with van der Waals surface area (Å²) in [6, 6.07) is 9.76. The van der Waals surface area contributed by atoms with Crippen LogP contribution in [-0.4, -0.2) is 14.2 Å². The van der Waals surface area contributed by atoms with Gasteiger partial charge >= 0.3 is 0 Å². The minimum atomic E-state index is -0.245. The van der Waals surface area contributed by atoms with Gasteiger partial charge in [0, 0.05) is 14.3 Å². The third kappa shape index (κ3) is 2.18. The lowest BCUT2D eigenvalue weighted by Crippen LogP contribution is -2.13. The van der Waals surface area contributed by atoms with E-state index in [1.807, 2.05) is 18.2 Å². The number of rotatable bonds is 4. The van der Waals surface area contributed by atoms with E-state index in [9.17, 15) is 0 Å². The van der Waals surface area contributed by atoms with Crippen LogP contribution in [0.25, 0.3) is 9.40 Å². The summed E-state index contributed by atoms with van der Waals surface area (Å²) in [6.45, 7) is 0. The summed E-state index contributed by atoms with van der Waals surface area (Å²) in [5.74, 6) is 1.52. The molecule has 0 aliphatic heterocycles. The number of benzene rings is 1. The highest BCUT2D eigenvalue weighted by Crippen LogP contribution is 2.40. The van der Waals surface area contributed by atoms with E-state index in [1.54, 1.807) is 36.9 Å². The molecule has 20 heavy (non-hydrogen) atoms. The van der Waals surface area contributed by atoms with Gasteiger partial charge in [-0.3, -0.25) is 0 Å². The molecule has 0 spiro atoms. The standard InChI is InChI=1S/C15H15NO2S2/c1-17-9-4-3-5-10(18-2)14(9)15(16)13-8-12-11(20-13)6-7-19-12/h3-8,15H,16H2,1-2H3. The van der Waals surface area contributed by atoms with E-state index in [0.717, 1.165) is 21.9 Å². The molecule has 0 bridgehead atoms. The molecule has 2 aromatic heterocycles. The van der Waals surface area contributed by atoms with Gasteiger partial charge in [-0.2, -0.15) is 0 Å². The van der Waals surface area contributed by atoms with Crippen molar-refractivity contribution in [2.45, 2.75) is 6.04 Å². The molecule has 1 aromatic carbocycles. The monoisotopic (exact) mass is 305 g/mol. The number of methoxy groups -OCH3 is 2. The van der Waals surface area contributed by atoms with Gasteiger partial charge in [-0.1, -0.05) is 6.07 Å². The molecule has 0 saturated carbocycles. The van der Waals surface area contributed by atoms with E-state index in [1.165, 1.54) is 9.40 Å². The van der Waals surface area contributed by atoms with Gasteiger partial charge in [0.1, 0.15) is 11.5 Å². The maximum atomic E-state index is 6.45. The maximum absolute atomic E-state index is 6.45. The van der Waals surface area contributed by atoms with Gasteiger partial charge in [0.25, 0.3) is 0 Å². The third-order valence-electron chi connectivity index (χ3n) is 3.24. The summed E-state index contributed by atoms with van der Waals surface area (Å²) in [6.07, 6.45) is 0. The van der Waals surface area contributed by atoms with Gasteiger partial charge in [-0.25, -0.2) is 0 Å². The second-order valence-corrected chi connectivity index (χ2v) is 6.41. The van der Waals surface area contributed by atoms with Crippen molar-refractivity contribution >= 4 is 32.1 Å². The van der Waals surface area contributed by atoms with E-state index >= 15 is 0 Å². The average molecular weight is 305 g/mol. The van der Waals surface area contributed by atoms with Gasteiger partial charge in [0.15, 0.2) is 0 Å². The molecule has 2 N–H and O–H groups in total. The lowest BCUT2D eigenvalue weighted by atomic mass is 10.0. The van der Waals surface area contributed by atoms with Crippen molar-refractivity contribution in [1.29, 1.82) is 0 Å². The molecule has 0 radical (unpaired) electrons. The summed E-state index contributed by atoms with van der Waals surface area (Å²) in [5, 5.41) is 2.10. The molecular weight excluding hydrogens is 290 g/mol. The summed E-state index contributed by atoms with van der Waals surface area (Å²) in [7, 11) is 3.30. The zero-order valence-corrected chi connectivity index (χ0v) is 12.9. The van der Waals surface area contributed by atoms with E-state index in [0.29, 0.717) is 0 Å². The molecule has 1 atom stereocenters. The molecule has 2 heterocycles. The second kappa shape index (κ2) is 5.44. The zero-order chi connectivity index (χ0) is 14.1. The normalized spacial score (nSPS) is 12.6. The Kier molecular flexibility index (Phi) is 3.65. The molecule has 3 nitrogen and oxygen atoms in total. The number of hydrogen-bond acceptors (Lipinski definition) is 5. The summed E-state index contributed by atoms with van der Waals surface area (Å²) >= 11 is 3.45. The Labute approximate surface area is 125 Å². The van der Waals surface area contributed by atoms with Crippen molar-refractivity contribution in [3.05, 3.63) is 46.2 Å². The predicted octanol–water partition coefficient (Wildman–Crippen LogP) is 4.03. The van der Waals surface area contributed by atoms with E-state index < -0.39 is 0 Å². The minimum Gasteiger partial charge on any atom is -0.496 e. The van der Waals surface area contributed by atoms with Gasteiger partial charge in [0.2, 0.25) is 0 Å². The van der Waals surface area contributed by atoms with Crippen molar-refractivity contribution < 1.29 is 9.47 Å². The zero-order valence-electron chi connectivity index (χ0n) is 11.3. The second-order valence-electron chi connectivity index (χ2n) is 4.35. The predicted molar refractivity (Wildman–Crippen MR) is 85.3 cm³/mol. The van der Waals surface area contributed by atoms with Crippen LogP contribution in [0.4, 0.5) is 0 Å². The quantitative estimate of drug-likeness (QED) is 0.791. The Balaban J connectivity index is 2.09. The maximum Gasteiger partial charge on any atom is 0.127 e. The van der Waals surface area contributed by atoms with Crippen molar-refractivity contribution in [3.63, 3.8) is 0 Å². The SMILES string of the molecule is COc1cccc(OC)c1C(N)c1cc2sccc2s1. The molecular formula is C15H15NO2S2. The largest absolute Gasteiger partial charge is 0.496 e. The van der Waals surface area contributed by atoms with Gasteiger partial charge in [-0.15, -0.1) is 22.7 Å². The molecule has 3 aromatic rings. The Morgan fingerprint density at radius 3 is 2.35 bits per heavy atom. The van der Waals surface area contributed by atoms with Gasteiger partial charge < -0.3 is 15.2 Å². The van der Waals surface area contributed by atoms with Crippen molar-refractivity contribution in [2.75, 3.05) is 14.2 Å². The molecule has 1 unspecified atom stereocenters. The lowest BCUT2D eigenvalue weighted by molar-refractivity contribution is 0.382. The van der Waals surface area contributed by atoms with Crippen LogP contribution in [-0.2, 0) is 0 Å². The van der Waals surface area contributed by atoms with Crippen molar-refractivity contribution in [3.8, 4) is 11.5 Å². The summed E-state index contributed by atoms with van der Waals surface area (Å²) < 4.78 is 13.4. The highest BCUT2D eigenvalue weighted by atomic mass is 32.1. The molecule has 0 fully saturated rings. The fraction of sp³-hybridized carbons (Fsp3) is 0.200.